The van der Waals surface area contributed by atoms with Crippen LogP contribution in [0, 0.1) is 5.82 Å². The molecule has 8 heteroatoms. The van der Waals surface area contributed by atoms with Gasteiger partial charge < -0.3 is 9.32 Å². The zero-order chi connectivity index (χ0) is 22.3. The van der Waals surface area contributed by atoms with Gasteiger partial charge >= 0.3 is 0 Å². The number of rotatable bonds is 10. The van der Waals surface area contributed by atoms with Gasteiger partial charge in [0.05, 0.1) is 24.2 Å². The summed E-state index contributed by atoms with van der Waals surface area (Å²) in [6.07, 6.45) is 2.92. The first-order valence-corrected chi connectivity index (χ1v) is 11.0. The summed E-state index contributed by atoms with van der Waals surface area (Å²) in [5.41, 5.74) is 0.902. The second kappa shape index (κ2) is 10.2. The summed E-state index contributed by atoms with van der Waals surface area (Å²) in [5, 5.41) is 0. The standard InChI is InChI=1S/C23H23FN2O4S/c1-2-14-26(31(28,29)22-12-10-20(24)11-13-22)18-23(27)25(17-21-9-6-15-30-21)16-19-7-4-3-5-8-19/h2-13,15H,1,14,16-18H2. The first kappa shape index (κ1) is 22.5. The summed E-state index contributed by atoms with van der Waals surface area (Å²) in [5.74, 6) is -0.355. The third-order valence-electron chi connectivity index (χ3n) is 4.59. The quantitative estimate of drug-likeness (QED) is 0.448. The minimum absolute atomic E-state index is 0.0641. The number of sulfonamides is 1. The van der Waals surface area contributed by atoms with Crippen molar-refractivity contribution in [3.8, 4) is 0 Å². The third kappa shape index (κ3) is 5.90. The molecule has 0 aliphatic heterocycles. The van der Waals surface area contributed by atoms with Crippen LogP contribution in [-0.2, 0) is 27.9 Å². The summed E-state index contributed by atoms with van der Waals surface area (Å²) >= 11 is 0. The van der Waals surface area contributed by atoms with Crippen molar-refractivity contribution >= 4 is 15.9 Å². The molecule has 1 heterocycles. The van der Waals surface area contributed by atoms with Gasteiger partial charge in [-0.2, -0.15) is 4.31 Å². The predicted octanol–water partition coefficient (Wildman–Crippen LogP) is 3.82. The highest BCUT2D eigenvalue weighted by Crippen LogP contribution is 2.18. The zero-order valence-corrected chi connectivity index (χ0v) is 17.7. The molecule has 0 radical (unpaired) electrons. The van der Waals surface area contributed by atoms with Gasteiger partial charge in [-0.05, 0) is 42.0 Å². The molecule has 31 heavy (non-hydrogen) atoms. The van der Waals surface area contributed by atoms with Crippen LogP contribution < -0.4 is 0 Å². The fourth-order valence-corrected chi connectivity index (χ4v) is 4.39. The Morgan fingerprint density at radius 3 is 2.32 bits per heavy atom. The van der Waals surface area contributed by atoms with Gasteiger partial charge in [0.15, 0.2) is 0 Å². The summed E-state index contributed by atoms with van der Waals surface area (Å²) in [6, 6.07) is 17.4. The first-order valence-electron chi connectivity index (χ1n) is 9.61. The molecule has 6 nitrogen and oxygen atoms in total. The molecule has 3 rings (SSSR count). The molecule has 0 fully saturated rings. The Morgan fingerprint density at radius 2 is 1.71 bits per heavy atom. The average Bonchev–Trinajstić information content (AvgIpc) is 3.27. The molecule has 1 amide bonds. The van der Waals surface area contributed by atoms with E-state index in [1.807, 2.05) is 30.3 Å². The molecule has 0 spiro atoms. The van der Waals surface area contributed by atoms with Gasteiger partial charge in [-0.25, -0.2) is 12.8 Å². The Balaban J connectivity index is 1.84. The van der Waals surface area contributed by atoms with Crippen molar-refractivity contribution in [2.75, 3.05) is 13.1 Å². The smallest absolute Gasteiger partial charge is 0.243 e. The molecular weight excluding hydrogens is 419 g/mol. The molecule has 0 aliphatic carbocycles. The molecule has 3 aromatic rings. The maximum Gasteiger partial charge on any atom is 0.243 e. The van der Waals surface area contributed by atoms with Crippen LogP contribution in [0.25, 0.3) is 0 Å². The van der Waals surface area contributed by atoms with Crippen molar-refractivity contribution in [3.05, 3.63) is 103 Å². The Kier molecular flexibility index (Phi) is 7.38. The number of carbonyl (C=O) groups excluding carboxylic acids is 1. The molecule has 162 valence electrons. The van der Waals surface area contributed by atoms with Gasteiger partial charge in [0.1, 0.15) is 11.6 Å². The number of hydrogen-bond acceptors (Lipinski definition) is 4. The predicted molar refractivity (Wildman–Crippen MR) is 115 cm³/mol. The van der Waals surface area contributed by atoms with E-state index in [1.54, 1.807) is 12.1 Å². The van der Waals surface area contributed by atoms with Crippen molar-refractivity contribution in [3.63, 3.8) is 0 Å². The fourth-order valence-electron chi connectivity index (χ4n) is 3.02. The monoisotopic (exact) mass is 442 g/mol. The normalized spacial score (nSPS) is 11.4. The molecule has 0 N–H and O–H groups in total. The average molecular weight is 443 g/mol. The topological polar surface area (TPSA) is 70.8 Å². The molecular formula is C23H23FN2O4S. The van der Waals surface area contributed by atoms with Crippen LogP contribution in [0.15, 0.2) is 95.0 Å². The summed E-state index contributed by atoms with van der Waals surface area (Å²) in [7, 11) is -4.02. The van der Waals surface area contributed by atoms with E-state index in [-0.39, 0.29) is 24.5 Å². The Morgan fingerprint density at radius 1 is 1.00 bits per heavy atom. The lowest BCUT2D eigenvalue weighted by Gasteiger charge is -2.26. The van der Waals surface area contributed by atoms with Gasteiger partial charge in [-0.15, -0.1) is 6.58 Å². The summed E-state index contributed by atoms with van der Waals surface area (Å²) in [6.45, 7) is 3.63. The minimum atomic E-state index is -4.02. The fraction of sp³-hybridized carbons (Fsp3) is 0.174. The van der Waals surface area contributed by atoms with Crippen LogP contribution in [0.4, 0.5) is 4.39 Å². The van der Waals surface area contributed by atoms with Crippen LogP contribution in [0.1, 0.15) is 11.3 Å². The van der Waals surface area contributed by atoms with E-state index in [1.165, 1.54) is 29.4 Å². The van der Waals surface area contributed by atoms with E-state index in [0.29, 0.717) is 12.3 Å². The van der Waals surface area contributed by atoms with Gasteiger partial charge in [-0.3, -0.25) is 4.79 Å². The molecule has 0 aliphatic rings. The maximum absolute atomic E-state index is 13.2. The Hall–Kier alpha value is -3.23. The van der Waals surface area contributed by atoms with Crippen molar-refractivity contribution in [1.29, 1.82) is 0 Å². The molecule has 0 unspecified atom stereocenters. The van der Waals surface area contributed by atoms with Crippen LogP contribution in [0.3, 0.4) is 0 Å². The van der Waals surface area contributed by atoms with Crippen LogP contribution in [0.2, 0.25) is 0 Å². The van der Waals surface area contributed by atoms with Gasteiger partial charge in [0.25, 0.3) is 0 Å². The molecule has 1 aromatic heterocycles. The minimum Gasteiger partial charge on any atom is -0.467 e. The third-order valence-corrected chi connectivity index (χ3v) is 6.42. The largest absolute Gasteiger partial charge is 0.467 e. The van der Waals surface area contributed by atoms with E-state index < -0.39 is 21.7 Å². The summed E-state index contributed by atoms with van der Waals surface area (Å²) in [4.78, 5) is 14.6. The first-order chi connectivity index (χ1) is 14.9. The number of benzene rings is 2. The summed E-state index contributed by atoms with van der Waals surface area (Å²) < 4.78 is 45.7. The van der Waals surface area contributed by atoms with Crippen LogP contribution >= 0.6 is 0 Å². The van der Waals surface area contributed by atoms with E-state index in [4.69, 9.17) is 4.42 Å². The molecule has 0 bridgehead atoms. The van der Waals surface area contributed by atoms with Crippen molar-refractivity contribution < 1.29 is 22.0 Å². The van der Waals surface area contributed by atoms with Crippen LogP contribution in [-0.4, -0.2) is 36.6 Å². The number of amides is 1. The van der Waals surface area contributed by atoms with Crippen molar-refractivity contribution in [2.24, 2.45) is 0 Å². The molecule has 0 saturated heterocycles. The SMILES string of the molecule is C=CCN(CC(=O)N(Cc1ccccc1)Cc1ccco1)S(=O)(=O)c1ccc(F)cc1. The van der Waals surface area contributed by atoms with Gasteiger partial charge in [-0.1, -0.05) is 36.4 Å². The van der Waals surface area contributed by atoms with Crippen molar-refractivity contribution in [2.45, 2.75) is 18.0 Å². The number of furan rings is 1. The van der Waals surface area contributed by atoms with E-state index in [0.717, 1.165) is 22.0 Å². The lowest BCUT2D eigenvalue weighted by molar-refractivity contribution is -0.132. The Labute approximate surface area is 181 Å². The number of halogens is 1. The molecule has 2 aromatic carbocycles. The number of hydrogen-bond donors (Lipinski definition) is 0. The second-order valence-electron chi connectivity index (χ2n) is 6.85. The maximum atomic E-state index is 13.2. The van der Waals surface area contributed by atoms with E-state index >= 15 is 0 Å². The lowest BCUT2D eigenvalue weighted by Crippen LogP contribution is -2.42. The molecule has 0 saturated carbocycles. The molecule has 0 atom stereocenters. The highest BCUT2D eigenvalue weighted by molar-refractivity contribution is 7.89. The van der Waals surface area contributed by atoms with Crippen molar-refractivity contribution in [1.82, 2.24) is 9.21 Å². The Bertz CT molecular complexity index is 1100. The highest BCUT2D eigenvalue weighted by Gasteiger charge is 2.28. The number of nitrogens with zero attached hydrogens (tertiary/aromatic N) is 2. The van der Waals surface area contributed by atoms with E-state index in [9.17, 15) is 17.6 Å². The van der Waals surface area contributed by atoms with Gasteiger partial charge in [0.2, 0.25) is 15.9 Å². The van der Waals surface area contributed by atoms with Crippen LogP contribution in [0.5, 0.6) is 0 Å². The zero-order valence-electron chi connectivity index (χ0n) is 16.9. The van der Waals surface area contributed by atoms with Gasteiger partial charge in [0, 0.05) is 13.1 Å². The lowest BCUT2D eigenvalue weighted by atomic mass is 10.2. The van der Waals surface area contributed by atoms with E-state index in [2.05, 4.69) is 6.58 Å². The number of carbonyl (C=O) groups is 1. The highest BCUT2D eigenvalue weighted by atomic mass is 32.2. The second-order valence-corrected chi connectivity index (χ2v) is 8.79.